The summed E-state index contributed by atoms with van der Waals surface area (Å²) in [6.07, 6.45) is 3.52. The molecule has 1 heterocycles. The zero-order valence-electron chi connectivity index (χ0n) is 11.6. The number of hydrogen-bond acceptors (Lipinski definition) is 4. The Morgan fingerprint density at radius 1 is 1.44 bits per heavy atom. The molecule has 0 aromatic heterocycles. The topological polar surface area (TPSA) is 64.8 Å². The maximum atomic E-state index is 12.3. The van der Waals surface area contributed by atoms with Gasteiger partial charge in [0, 0.05) is 26.7 Å². The van der Waals surface area contributed by atoms with Crippen LogP contribution in [0.1, 0.15) is 32.6 Å². The molecule has 5 nitrogen and oxygen atoms in total. The molecule has 0 unspecified atom stereocenters. The Hall–Kier alpha value is -0.650. The maximum Gasteiger partial charge on any atom is 0.251 e. The minimum atomic E-state index is -0.299. The first-order valence-corrected chi connectivity index (χ1v) is 6.86. The van der Waals surface area contributed by atoms with Crippen LogP contribution in [0.4, 0.5) is 0 Å². The molecule has 1 aliphatic heterocycles. The molecule has 1 amide bonds. The van der Waals surface area contributed by atoms with Crippen LogP contribution in [0.15, 0.2) is 0 Å². The molecule has 18 heavy (non-hydrogen) atoms. The lowest BCUT2D eigenvalue weighted by Crippen LogP contribution is -2.42. The number of carbonyl (C=O) groups excluding carboxylic acids is 1. The third kappa shape index (κ3) is 4.55. The third-order valence-electron chi connectivity index (χ3n) is 3.30. The van der Waals surface area contributed by atoms with Gasteiger partial charge in [0.15, 0.2) is 0 Å². The molecule has 0 aromatic rings. The molecule has 0 aliphatic carbocycles. The van der Waals surface area contributed by atoms with E-state index < -0.39 is 0 Å². The van der Waals surface area contributed by atoms with Crippen molar-refractivity contribution < 1.29 is 14.3 Å². The van der Waals surface area contributed by atoms with Gasteiger partial charge in [-0.2, -0.15) is 0 Å². The lowest BCUT2D eigenvalue weighted by molar-refractivity contribution is -0.143. The van der Waals surface area contributed by atoms with Crippen LogP contribution in [0.2, 0.25) is 0 Å². The zero-order valence-corrected chi connectivity index (χ0v) is 11.6. The maximum absolute atomic E-state index is 12.3. The number of methoxy groups -OCH3 is 1. The lowest BCUT2D eigenvalue weighted by atomic mass is 10.1. The Balaban J connectivity index is 2.47. The summed E-state index contributed by atoms with van der Waals surface area (Å²) in [5.74, 6) is 0.0939. The molecular weight excluding hydrogens is 232 g/mol. The van der Waals surface area contributed by atoms with Crippen molar-refractivity contribution in [3.05, 3.63) is 0 Å². The van der Waals surface area contributed by atoms with Crippen molar-refractivity contribution >= 4 is 5.91 Å². The Morgan fingerprint density at radius 2 is 2.22 bits per heavy atom. The first-order chi connectivity index (χ1) is 8.72. The molecule has 1 rings (SSSR count). The zero-order chi connectivity index (χ0) is 13.4. The summed E-state index contributed by atoms with van der Waals surface area (Å²) in [6.45, 7) is 4.61. The van der Waals surface area contributed by atoms with Crippen molar-refractivity contribution in [2.24, 2.45) is 5.73 Å². The number of nitrogens with two attached hydrogens (primary N) is 1. The molecule has 0 aromatic carbocycles. The Labute approximate surface area is 110 Å². The highest BCUT2D eigenvalue weighted by molar-refractivity contribution is 5.81. The minimum Gasteiger partial charge on any atom is -0.383 e. The van der Waals surface area contributed by atoms with E-state index in [0.29, 0.717) is 19.7 Å². The van der Waals surface area contributed by atoms with Crippen molar-refractivity contribution in [1.82, 2.24) is 4.90 Å². The number of ether oxygens (including phenoxy) is 2. The lowest BCUT2D eigenvalue weighted by Gasteiger charge is -2.25. The van der Waals surface area contributed by atoms with E-state index in [1.54, 1.807) is 7.11 Å². The fourth-order valence-electron chi connectivity index (χ4n) is 2.15. The first kappa shape index (κ1) is 15.4. The number of rotatable bonds is 8. The van der Waals surface area contributed by atoms with Crippen LogP contribution in [0.5, 0.6) is 0 Å². The molecule has 1 saturated heterocycles. The van der Waals surface area contributed by atoms with Gasteiger partial charge in [-0.25, -0.2) is 0 Å². The van der Waals surface area contributed by atoms with E-state index in [1.165, 1.54) is 0 Å². The molecule has 1 aliphatic rings. The molecule has 0 saturated carbocycles. The van der Waals surface area contributed by atoms with Gasteiger partial charge in [0.1, 0.15) is 6.10 Å². The quantitative estimate of drug-likeness (QED) is 0.698. The van der Waals surface area contributed by atoms with E-state index in [2.05, 4.69) is 6.92 Å². The fraction of sp³-hybridized carbons (Fsp3) is 0.923. The number of nitrogens with zero attached hydrogens (tertiary/aromatic N) is 1. The highest BCUT2D eigenvalue weighted by Gasteiger charge is 2.32. The predicted molar refractivity (Wildman–Crippen MR) is 70.3 cm³/mol. The van der Waals surface area contributed by atoms with Crippen LogP contribution in [0.3, 0.4) is 0 Å². The summed E-state index contributed by atoms with van der Waals surface area (Å²) >= 11 is 0. The molecule has 106 valence electrons. The first-order valence-electron chi connectivity index (χ1n) is 6.86. The van der Waals surface area contributed by atoms with Gasteiger partial charge in [-0.05, 0) is 19.3 Å². The van der Waals surface area contributed by atoms with Crippen LogP contribution in [0, 0.1) is 0 Å². The van der Waals surface area contributed by atoms with Crippen LogP contribution in [-0.2, 0) is 14.3 Å². The van der Waals surface area contributed by atoms with Gasteiger partial charge < -0.3 is 20.1 Å². The summed E-state index contributed by atoms with van der Waals surface area (Å²) in [5, 5.41) is 0. The normalized spacial score (nSPS) is 23.3. The van der Waals surface area contributed by atoms with E-state index >= 15 is 0 Å². The average Bonchev–Trinajstić information content (AvgIpc) is 2.87. The number of carbonyl (C=O) groups is 1. The predicted octanol–water partition coefficient (Wildman–Crippen LogP) is 0.768. The second-order valence-electron chi connectivity index (χ2n) is 4.73. The second-order valence-corrected chi connectivity index (χ2v) is 4.73. The summed E-state index contributed by atoms with van der Waals surface area (Å²) in [4.78, 5) is 14.2. The van der Waals surface area contributed by atoms with Gasteiger partial charge in [0.2, 0.25) is 0 Å². The third-order valence-corrected chi connectivity index (χ3v) is 3.30. The minimum absolute atomic E-state index is 0.0504. The van der Waals surface area contributed by atoms with Crippen molar-refractivity contribution in [1.29, 1.82) is 0 Å². The SMILES string of the molecule is CCCCN(CCOC)C(=O)[C@@H]1CC[C@H](CN)O1. The van der Waals surface area contributed by atoms with E-state index in [-0.39, 0.29) is 18.1 Å². The molecular formula is C13H26N2O3. The van der Waals surface area contributed by atoms with Gasteiger partial charge in [0.25, 0.3) is 5.91 Å². The summed E-state index contributed by atoms with van der Waals surface area (Å²) in [5.41, 5.74) is 5.56. The standard InChI is InChI=1S/C13H26N2O3/c1-3-4-7-15(8-9-17-2)13(16)12-6-5-11(10-14)18-12/h11-12H,3-10,14H2,1-2H3/t11-,12+/m1/s1. The summed E-state index contributed by atoms with van der Waals surface area (Å²) in [6, 6.07) is 0. The number of amides is 1. The van der Waals surface area contributed by atoms with Crippen LogP contribution < -0.4 is 5.73 Å². The average molecular weight is 258 g/mol. The van der Waals surface area contributed by atoms with E-state index in [0.717, 1.165) is 32.2 Å². The van der Waals surface area contributed by atoms with Crippen molar-refractivity contribution in [2.45, 2.75) is 44.8 Å². The summed E-state index contributed by atoms with van der Waals surface area (Å²) < 4.78 is 10.7. The molecule has 2 N–H and O–H groups in total. The van der Waals surface area contributed by atoms with Gasteiger partial charge in [-0.15, -0.1) is 0 Å². The van der Waals surface area contributed by atoms with Gasteiger partial charge in [-0.3, -0.25) is 4.79 Å². The Kier molecular flexibility index (Phi) is 7.23. The molecule has 0 spiro atoms. The fourth-order valence-corrected chi connectivity index (χ4v) is 2.15. The van der Waals surface area contributed by atoms with Crippen molar-refractivity contribution in [3.8, 4) is 0 Å². The molecule has 5 heteroatoms. The van der Waals surface area contributed by atoms with Crippen molar-refractivity contribution in [2.75, 3.05) is 33.4 Å². The van der Waals surface area contributed by atoms with Crippen molar-refractivity contribution in [3.63, 3.8) is 0 Å². The highest BCUT2D eigenvalue weighted by Crippen LogP contribution is 2.20. The van der Waals surface area contributed by atoms with Crippen LogP contribution in [-0.4, -0.2) is 56.4 Å². The molecule has 2 atom stereocenters. The Morgan fingerprint density at radius 3 is 2.78 bits per heavy atom. The Bertz CT molecular complexity index is 240. The summed E-state index contributed by atoms with van der Waals surface area (Å²) in [7, 11) is 1.65. The van der Waals surface area contributed by atoms with E-state index in [1.807, 2.05) is 4.90 Å². The van der Waals surface area contributed by atoms with E-state index in [4.69, 9.17) is 15.2 Å². The largest absolute Gasteiger partial charge is 0.383 e. The van der Waals surface area contributed by atoms with Gasteiger partial charge in [0.05, 0.1) is 12.7 Å². The molecule has 0 bridgehead atoms. The smallest absolute Gasteiger partial charge is 0.251 e. The number of hydrogen-bond donors (Lipinski definition) is 1. The van der Waals surface area contributed by atoms with Gasteiger partial charge >= 0.3 is 0 Å². The second kappa shape index (κ2) is 8.45. The van der Waals surface area contributed by atoms with Crippen LogP contribution in [0.25, 0.3) is 0 Å². The highest BCUT2D eigenvalue weighted by atomic mass is 16.5. The monoisotopic (exact) mass is 258 g/mol. The van der Waals surface area contributed by atoms with E-state index in [9.17, 15) is 4.79 Å². The molecule has 1 fully saturated rings. The number of unbranched alkanes of at least 4 members (excludes halogenated alkanes) is 1. The van der Waals surface area contributed by atoms with Gasteiger partial charge in [-0.1, -0.05) is 13.3 Å². The molecule has 0 radical (unpaired) electrons. The van der Waals surface area contributed by atoms with Crippen LogP contribution >= 0.6 is 0 Å².